The highest BCUT2D eigenvalue weighted by atomic mass is 16.2. The van der Waals surface area contributed by atoms with Crippen LogP contribution in [0.2, 0.25) is 0 Å². The second-order valence-electron chi connectivity index (χ2n) is 6.03. The molecular weight excluding hydrogens is 328 g/mol. The predicted molar refractivity (Wildman–Crippen MR) is 99.8 cm³/mol. The van der Waals surface area contributed by atoms with Crippen LogP contribution >= 0.6 is 0 Å². The van der Waals surface area contributed by atoms with Gasteiger partial charge in [0.15, 0.2) is 0 Å². The summed E-state index contributed by atoms with van der Waals surface area (Å²) in [4.78, 5) is 36.1. The van der Waals surface area contributed by atoms with Gasteiger partial charge in [-0.2, -0.15) is 0 Å². The Kier molecular flexibility index (Phi) is 5.22. The molecule has 6 nitrogen and oxygen atoms in total. The van der Waals surface area contributed by atoms with E-state index in [-0.39, 0.29) is 11.6 Å². The zero-order chi connectivity index (χ0) is 18.5. The third kappa shape index (κ3) is 3.85. The molecule has 0 saturated heterocycles. The average molecular weight is 348 g/mol. The van der Waals surface area contributed by atoms with Gasteiger partial charge in [-0.25, -0.2) is 4.98 Å². The number of amides is 1. The van der Waals surface area contributed by atoms with Crippen LogP contribution in [-0.4, -0.2) is 20.9 Å². The minimum absolute atomic E-state index is 0.0178. The van der Waals surface area contributed by atoms with Gasteiger partial charge in [0, 0.05) is 18.0 Å². The van der Waals surface area contributed by atoms with Crippen molar-refractivity contribution < 1.29 is 4.79 Å². The molecule has 0 spiro atoms. The van der Waals surface area contributed by atoms with Gasteiger partial charge < -0.3 is 10.3 Å². The molecule has 1 aromatic carbocycles. The number of hydrogen-bond donors (Lipinski definition) is 2. The summed E-state index contributed by atoms with van der Waals surface area (Å²) in [6.07, 6.45) is 3.69. The average Bonchev–Trinajstić information content (AvgIpc) is 2.66. The van der Waals surface area contributed by atoms with Crippen molar-refractivity contribution in [1.82, 2.24) is 20.3 Å². The molecule has 0 saturated carbocycles. The lowest BCUT2D eigenvalue weighted by Gasteiger charge is -2.16. The van der Waals surface area contributed by atoms with Gasteiger partial charge in [-0.3, -0.25) is 14.6 Å². The highest BCUT2D eigenvalue weighted by Crippen LogP contribution is 2.16. The lowest BCUT2D eigenvalue weighted by Crippen LogP contribution is -2.33. The summed E-state index contributed by atoms with van der Waals surface area (Å²) in [5, 5.41) is 2.87. The van der Waals surface area contributed by atoms with Gasteiger partial charge in [0.1, 0.15) is 11.4 Å². The summed E-state index contributed by atoms with van der Waals surface area (Å²) in [6, 6.07) is 12.8. The van der Waals surface area contributed by atoms with Crippen LogP contribution in [0.3, 0.4) is 0 Å². The zero-order valence-corrected chi connectivity index (χ0v) is 14.7. The number of aryl methyl sites for hydroxylation is 1. The standard InChI is InChI=1S/C20H20N4O2/c1-3-16(17-11-13(2)9-10-21-17)23-19(25)15-12-22-18(24-20(15)26)14-7-5-4-6-8-14/h4-12,16H,3H2,1-2H3,(H,23,25)(H,22,24,26)/t16-/m1/s1. The number of H-pyrrole nitrogens is 1. The summed E-state index contributed by atoms with van der Waals surface area (Å²) in [7, 11) is 0. The summed E-state index contributed by atoms with van der Waals surface area (Å²) < 4.78 is 0. The minimum atomic E-state index is -0.469. The first-order valence-electron chi connectivity index (χ1n) is 8.46. The van der Waals surface area contributed by atoms with Crippen LogP contribution in [0.25, 0.3) is 11.4 Å². The number of carbonyl (C=O) groups excluding carboxylic acids is 1. The third-order valence-electron chi connectivity index (χ3n) is 4.10. The largest absolute Gasteiger partial charge is 0.343 e. The number of carbonyl (C=O) groups is 1. The minimum Gasteiger partial charge on any atom is -0.343 e. The van der Waals surface area contributed by atoms with Crippen molar-refractivity contribution >= 4 is 5.91 Å². The Morgan fingerprint density at radius 2 is 1.96 bits per heavy atom. The topological polar surface area (TPSA) is 87.7 Å². The molecule has 0 bridgehead atoms. The predicted octanol–water partition coefficient (Wildman–Crippen LogP) is 3.02. The van der Waals surface area contributed by atoms with Gasteiger partial charge in [-0.1, -0.05) is 37.3 Å². The maximum absolute atomic E-state index is 12.5. The van der Waals surface area contributed by atoms with E-state index in [1.54, 1.807) is 6.20 Å². The lowest BCUT2D eigenvalue weighted by atomic mass is 10.1. The zero-order valence-electron chi connectivity index (χ0n) is 14.7. The van der Waals surface area contributed by atoms with Crippen LogP contribution in [0.4, 0.5) is 0 Å². The smallest absolute Gasteiger partial charge is 0.264 e. The fourth-order valence-corrected chi connectivity index (χ4v) is 2.67. The second kappa shape index (κ2) is 7.74. The van der Waals surface area contributed by atoms with E-state index in [0.29, 0.717) is 12.2 Å². The van der Waals surface area contributed by atoms with E-state index in [2.05, 4.69) is 20.3 Å². The quantitative estimate of drug-likeness (QED) is 0.742. The first kappa shape index (κ1) is 17.5. The molecule has 0 fully saturated rings. The fraction of sp³-hybridized carbons (Fsp3) is 0.200. The molecule has 3 aromatic rings. The number of nitrogens with one attached hydrogen (secondary N) is 2. The Bertz CT molecular complexity index is 967. The monoisotopic (exact) mass is 348 g/mol. The molecule has 0 aliphatic heterocycles. The van der Waals surface area contributed by atoms with Crippen LogP contribution in [0.15, 0.2) is 59.7 Å². The normalized spacial score (nSPS) is 11.8. The van der Waals surface area contributed by atoms with Crippen molar-refractivity contribution in [3.05, 3.63) is 82.0 Å². The Hall–Kier alpha value is -3.28. The first-order valence-corrected chi connectivity index (χ1v) is 8.46. The van der Waals surface area contributed by atoms with Crippen LogP contribution in [-0.2, 0) is 0 Å². The Morgan fingerprint density at radius 3 is 2.62 bits per heavy atom. The molecular formula is C20H20N4O2. The van der Waals surface area contributed by atoms with E-state index < -0.39 is 11.5 Å². The molecule has 132 valence electrons. The van der Waals surface area contributed by atoms with Gasteiger partial charge in [-0.15, -0.1) is 0 Å². The number of hydrogen-bond acceptors (Lipinski definition) is 4. The number of aromatic amines is 1. The lowest BCUT2D eigenvalue weighted by molar-refractivity contribution is 0.0932. The first-order chi connectivity index (χ1) is 12.6. The number of nitrogens with zero attached hydrogens (tertiary/aromatic N) is 2. The maximum atomic E-state index is 12.5. The van der Waals surface area contributed by atoms with Crippen molar-refractivity contribution in [1.29, 1.82) is 0 Å². The number of rotatable bonds is 5. The van der Waals surface area contributed by atoms with Crippen molar-refractivity contribution in [2.24, 2.45) is 0 Å². The second-order valence-corrected chi connectivity index (χ2v) is 6.03. The summed E-state index contributed by atoms with van der Waals surface area (Å²) in [5.74, 6) is -0.0342. The SMILES string of the molecule is CC[C@@H](NC(=O)c1cnc(-c2ccccc2)[nH]c1=O)c1cc(C)ccn1. The van der Waals surface area contributed by atoms with Crippen LogP contribution in [0.5, 0.6) is 0 Å². The summed E-state index contributed by atoms with van der Waals surface area (Å²) in [6.45, 7) is 3.92. The highest BCUT2D eigenvalue weighted by Gasteiger charge is 2.18. The van der Waals surface area contributed by atoms with Crippen molar-refractivity contribution in [3.63, 3.8) is 0 Å². The Balaban J connectivity index is 1.82. The van der Waals surface area contributed by atoms with Gasteiger partial charge in [0.2, 0.25) is 0 Å². The Labute approximate surface area is 151 Å². The van der Waals surface area contributed by atoms with Crippen molar-refractivity contribution in [2.45, 2.75) is 26.3 Å². The fourth-order valence-electron chi connectivity index (χ4n) is 2.67. The van der Waals surface area contributed by atoms with E-state index in [4.69, 9.17) is 0 Å². The summed E-state index contributed by atoms with van der Waals surface area (Å²) in [5.41, 5.74) is 2.13. The molecule has 2 N–H and O–H groups in total. The molecule has 1 amide bonds. The number of benzene rings is 1. The molecule has 0 aliphatic carbocycles. The molecule has 0 aliphatic rings. The summed E-state index contributed by atoms with van der Waals surface area (Å²) >= 11 is 0. The number of pyridine rings is 1. The van der Waals surface area contributed by atoms with Gasteiger partial charge in [0.05, 0.1) is 11.7 Å². The van der Waals surface area contributed by atoms with E-state index in [1.165, 1.54) is 6.20 Å². The highest BCUT2D eigenvalue weighted by molar-refractivity contribution is 5.93. The number of aromatic nitrogens is 3. The Morgan fingerprint density at radius 1 is 1.19 bits per heavy atom. The van der Waals surface area contributed by atoms with Crippen molar-refractivity contribution in [3.8, 4) is 11.4 Å². The van der Waals surface area contributed by atoms with E-state index in [0.717, 1.165) is 16.8 Å². The van der Waals surface area contributed by atoms with Crippen LogP contribution < -0.4 is 10.9 Å². The third-order valence-corrected chi connectivity index (χ3v) is 4.10. The van der Waals surface area contributed by atoms with Gasteiger partial charge >= 0.3 is 0 Å². The van der Waals surface area contributed by atoms with Crippen LogP contribution in [0, 0.1) is 6.92 Å². The van der Waals surface area contributed by atoms with Crippen molar-refractivity contribution in [2.75, 3.05) is 0 Å². The molecule has 2 aromatic heterocycles. The maximum Gasteiger partial charge on any atom is 0.264 e. The molecule has 0 unspecified atom stereocenters. The molecule has 26 heavy (non-hydrogen) atoms. The molecule has 6 heteroatoms. The van der Waals surface area contributed by atoms with Gasteiger partial charge in [0.25, 0.3) is 11.5 Å². The molecule has 0 radical (unpaired) electrons. The van der Waals surface area contributed by atoms with Gasteiger partial charge in [-0.05, 0) is 31.0 Å². The molecule has 2 heterocycles. The molecule has 3 rings (SSSR count). The van der Waals surface area contributed by atoms with E-state index in [1.807, 2.05) is 56.3 Å². The van der Waals surface area contributed by atoms with Crippen LogP contribution in [0.1, 0.15) is 41.0 Å². The molecule has 1 atom stereocenters. The van der Waals surface area contributed by atoms with E-state index >= 15 is 0 Å². The van der Waals surface area contributed by atoms with E-state index in [9.17, 15) is 9.59 Å².